The van der Waals surface area contributed by atoms with Crippen LogP contribution in [0.2, 0.25) is 0 Å². The van der Waals surface area contributed by atoms with E-state index in [1.807, 2.05) is 139 Å². The number of aliphatic hydroxyl groups excluding tert-OH is 1. The number of fused-ring (bicyclic) bond motifs is 6. The maximum atomic E-state index is 13.4. The fraction of sp³-hybridized carbons (Fsp3) is 0.316. The van der Waals surface area contributed by atoms with E-state index in [9.17, 15) is 40.5 Å². The first-order valence-electron chi connectivity index (χ1n) is 35.0. The van der Waals surface area contributed by atoms with Crippen molar-refractivity contribution in [3.05, 3.63) is 179 Å². The van der Waals surface area contributed by atoms with Crippen molar-refractivity contribution in [1.82, 2.24) is 48.6 Å². The molecule has 9 heterocycles. The Kier molecular flexibility index (Phi) is 19.5. The van der Waals surface area contributed by atoms with Gasteiger partial charge in [-0.05, 0) is 150 Å². The monoisotopic (exact) mass is 1540 g/mol. The number of carbonyl (C=O) groups excluding carboxylic acids is 3. The molecular weight excluding hydrogens is 1450 g/mol. The second-order valence-electron chi connectivity index (χ2n) is 29.1. The molecule has 4 aromatic heterocycles. The number of nitrogens with one attached hydrogen (secondary N) is 5. The summed E-state index contributed by atoms with van der Waals surface area (Å²) in [6, 6.07) is 32.1. The Morgan fingerprint density at radius 1 is 0.537 bits per heavy atom. The van der Waals surface area contributed by atoms with E-state index in [2.05, 4.69) is 69.7 Å². The van der Waals surface area contributed by atoms with Crippen LogP contribution in [0.15, 0.2) is 160 Å². The predicted octanol–water partition coefficient (Wildman–Crippen LogP) is 10.9. The number of hydrogen-bond acceptors (Lipinski definition) is 23. The molecule has 1 atom stereocenters. The molecule has 0 radical (unpaired) electrons. The Morgan fingerprint density at radius 3 is 1.35 bits per heavy atom. The summed E-state index contributed by atoms with van der Waals surface area (Å²) < 4.78 is 72.9. The summed E-state index contributed by atoms with van der Waals surface area (Å²) >= 11 is 1.40. The predicted molar refractivity (Wildman–Crippen MR) is 425 cm³/mol. The lowest BCUT2D eigenvalue weighted by Crippen LogP contribution is -2.73. The number of rotatable bonds is 15. The third-order valence-electron chi connectivity index (χ3n) is 20.6. The zero-order chi connectivity index (χ0) is 76.8. The van der Waals surface area contributed by atoms with Crippen LogP contribution in [-0.4, -0.2) is 175 Å². The Hall–Kier alpha value is -10.5. The first kappa shape index (κ1) is 74.4. The van der Waals surface area contributed by atoms with Gasteiger partial charge in [-0.25, -0.2) is 49.7 Å². The number of hydrogen-bond donors (Lipinski definition) is 6. The highest BCUT2D eigenvalue weighted by molar-refractivity contribution is 7.98. The van der Waals surface area contributed by atoms with Gasteiger partial charge < -0.3 is 55.4 Å². The van der Waals surface area contributed by atoms with Crippen LogP contribution < -0.4 is 54.8 Å². The number of sulfonamides is 2. The number of likely N-dealkylation sites (tertiary alicyclic amines) is 1. The number of thiophene rings is 1. The SMILES string of the molecule is C=C(C)N1CC(NS(=O)(=O)c2cccc(Nc3ncc4c(n3)N(C)c3ccc(C)cc3C(=O)N4C)c2)C1.C=S(=O)(c1csc(Nc2ncc3c(n2)N(C)c2ccc(C)cc2C(=O)N3C)c1)N1CCC(O)CC1.Cc1ccc2c(c1)C(=O)N(C)c1cnc(Nc3cccc(S(=O)(=O)NC45CC(C)(C4)C5)c3)nc1N2C. The molecule has 3 amide bonds. The molecule has 3 aliphatic carbocycles. The molecule has 32 heteroatoms. The van der Waals surface area contributed by atoms with Crippen molar-refractivity contribution in [3.63, 3.8) is 0 Å². The highest BCUT2D eigenvalue weighted by Crippen LogP contribution is 2.67. The largest absolute Gasteiger partial charge is 0.393 e. The van der Waals surface area contributed by atoms with Crippen LogP contribution in [-0.2, 0) is 29.8 Å². The summed E-state index contributed by atoms with van der Waals surface area (Å²) in [7, 11) is 0.735. The van der Waals surface area contributed by atoms with Crippen molar-refractivity contribution < 1.29 is 40.5 Å². The highest BCUT2D eigenvalue weighted by Gasteiger charge is 2.66. The molecule has 108 heavy (non-hydrogen) atoms. The Bertz CT molecular complexity index is 5490. The van der Waals surface area contributed by atoms with Crippen molar-refractivity contribution in [2.45, 2.75) is 99.1 Å². The number of nitrogens with zero attached hydrogens (tertiary/aromatic N) is 14. The summed E-state index contributed by atoms with van der Waals surface area (Å²) in [5, 5.41) is 21.8. The lowest BCUT2D eigenvalue weighted by molar-refractivity contribution is -0.126. The third kappa shape index (κ3) is 14.4. The molecule has 2 bridgehead atoms. The Balaban J connectivity index is 0.000000136. The lowest BCUT2D eigenvalue weighted by Gasteiger charge is -2.69. The number of amides is 3. The number of anilines is 15. The van der Waals surface area contributed by atoms with Crippen molar-refractivity contribution in [2.75, 3.05) is 114 Å². The van der Waals surface area contributed by atoms with Crippen LogP contribution >= 0.6 is 11.3 Å². The standard InChI is InChI=1S/C26H29N7O3S.C26H28N6O3S.C24H28N6O3S2/c1-16(2)33-14-19(15-33)30-37(35,36)20-8-6-7-18(12-20)28-26-27-13-23-24(29-26)31(4)22-10-9-17(3)11-21(22)25(34)32(23)5;1-16-8-9-20-19(10-16)23(33)32(4)21-12-27-24(29-22(21)31(20)3)28-17-6-5-7-18(11-17)36(34,35)30-26-13-25(2,14-26)15-26;1-15-5-6-19-18(11-15)23(32)29(3)20-13-25-24(27-22(20)28(19)2)26-21-12-17(14-34-21)35(4,33)30-9-7-16(31)8-10-30/h6-13,19,30H,1,14-15H2,2-5H3,(H,27,28,29);5-12,30H,13-15H2,1-4H3,(H,27,28,29);5-6,11-14,16,31H,4,7-10H2,1-3H3,(H,25,26,27). The van der Waals surface area contributed by atoms with E-state index < -0.39 is 29.8 Å². The van der Waals surface area contributed by atoms with E-state index in [1.165, 1.54) is 16.2 Å². The fourth-order valence-electron chi connectivity index (χ4n) is 14.9. The van der Waals surface area contributed by atoms with Crippen LogP contribution in [0.1, 0.15) is 93.7 Å². The van der Waals surface area contributed by atoms with Gasteiger partial charge in [-0.1, -0.05) is 60.5 Å². The smallest absolute Gasteiger partial charge is 0.260 e. The second kappa shape index (κ2) is 28.3. The number of benzene rings is 5. The number of carbonyl (C=O) groups is 3. The molecule has 3 saturated carbocycles. The number of aromatic nitrogens is 6. The van der Waals surface area contributed by atoms with Gasteiger partial charge in [-0.2, -0.15) is 15.0 Å². The summed E-state index contributed by atoms with van der Waals surface area (Å²) in [6.07, 6.45) is 8.36. The normalized spacial score (nSPS) is 19.4. The average molecular weight is 1540 g/mol. The van der Waals surface area contributed by atoms with Crippen LogP contribution in [0.4, 0.5) is 85.8 Å². The van der Waals surface area contributed by atoms with E-state index in [1.54, 1.807) is 98.1 Å². The quantitative estimate of drug-likeness (QED) is 0.0519. The summed E-state index contributed by atoms with van der Waals surface area (Å²) in [4.78, 5) is 79.9. The third-order valence-corrected chi connectivity index (χ3v) is 26.9. The average Bonchev–Trinajstić information content (AvgIpc) is 0.826. The number of allylic oxidation sites excluding steroid dienone is 1. The minimum atomic E-state index is -3.70. The lowest BCUT2D eigenvalue weighted by atomic mass is 9.41. The second-order valence-corrected chi connectivity index (χ2v) is 35.7. The maximum absolute atomic E-state index is 13.4. The molecule has 9 aromatic rings. The zero-order valence-electron chi connectivity index (χ0n) is 61.7. The van der Waals surface area contributed by atoms with E-state index in [0.717, 1.165) is 63.7 Å². The number of aliphatic hydroxyl groups is 1. The van der Waals surface area contributed by atoms with Crippen molar-refractivity contribution in [3.8, 4) is 0 Å². The molecule has 0 spiro atoms. The van der Waals surface area contributed by atoms with Crippen molar-refractivity contribution >= 4 is 150 Å². The molecular formula is C76H85N19O9S4. The van der Waals surface area contributed by atoms with Crippen LogP contribution in [0, 0.1) is 26.2 Å². The topological polar surface area (TPSA) is 320 Å². The number of piperidine rings is 1. The first-order valence-corrected chi connectivity index (χ1v) is 40.5. The van der Waals surface area contributed by atoms with Gasteiger partial charge in [0.05, 0.1) is 93.9 Å². The van der Waals surface area contributed by atoms with Crippen LogP contribution in [0.3, 0.4) is 0 Å². The number of aryl methyl sites for hydroxylation is 3. The van der Waals surface area contributed by atoms with Gasteiger partial charge in [-0.3, -0.25) is 14.4 Å². The summed E-state index contributed by atoms with van der Waals surface area (Å²) in [5.41, 5.74) is 10.8. The molecule has 5 aliphatic heterocycles. The summed E-state index contributed by atoms with van der Waals surface area (Å²) in [5.74, 6) is 6.28. The van der Waals surface area contributed by atoms with Gasteiger partial charge in [0.1, 0.15) is 17.1 Å². The first-order chi connectivity index (χ1) is 51.2. The zero-order valence-corrected chi connectivity index (χ0v) is 65.0. The molecule has 5 fully saturated rings. The molecule has 17 rings (SSSR count). The molecule has 28 nitrogen and oxygen atoms in total. The molecule has 1 unspecified atom stereocenters. The Labute approximate surface area is 632 Å². The molecule has 2 saturated heterocycles. The van der Waals surface area contributed by atoms with Crippen LogP contribution in [0.25, 0.3) is 0 Å². The van der Waals surface area contributed by atoms with Crippen LogP contribution in [0.5, 0.6) is 0 Å². The fourth-order valence-corrected chi connectivity index (χ4v) is 20.5. The van der Waals surface area contributed by atoms with Gasteiger partial charge in [0.15, 0.2) is 17.5 Å². The minimum absolute atomic E-state index is 0.114. The maximum Gasteiger partial charge on any atom is 0.260 e. The molecule has 5 aromatic carbocycles. The molecule has 562 valence electrons. The van der Waals surface area contributed by atoms with Gasteiger partial charge in [0.2, 0.25) is 37.9 Å². The van der Waals surface area contributed by atoms with Gasteiger partial charge in [-0.15, -0.1) is 11.3 Å². The highest BCUT2D eigenvalue weighted by atomic mass is 32.2. The summed E-state index contributed by atoms with van der Waals surface area (Å²) in [6.45, 7) is 16.1. The van der Waals surface area contributed by atoms with E-state index in [0.29, 0.717) is 124 Å². The van der Waals surface area contributed by atoms with Crippen molar-refractivity contribution in [2.24, 2.45) is 5.41 Å². The van der Waals surface area contributed by atoms with Gasteiger partial charge >= 0.3 is 0 Å². The molecule has 6 N–H and O–H groups in total. The Morgan fingerprint density at radius 2 is 0.944 bits per heavy atom. The molecule has 8 aliphatic rings. The minimum Gasteiger partial charge on any atom is -0.393 e. The van der Waals surface area contributed by atoms with E-state index in [4.69, 9.17) is 4.98 Å². The van der Waals surface area contributed by atoms with Gasteiger partial charge in [0.25, 0.3) is 17.7 Å². The van der Waals surface area contributed by atoms with E-state index in [-0.39, 0.29) is 51.1 Å². The van der Waals surface area contributed by atoms with E-state index >= 15 is 0 Å². The van der Waals surface area contributed by atoms with Crippen molar-refractivity contribution in [1.29, 1.82) is 0 Å². The van der Waals surface area contributed by atoms with Gasteiger partial charge in [0, 0.05) is 96.5 Å².